The van der Waals surface area contributed by atoms with Gasteiger partial charge in [0.2, 0.25) is 5.91 Å². The highest BCUT2D eigenvalue weighted by Gasteiger charge is 2.32. The van der Waals surface area contributed by atoms with Crippen molar-refractivity contribution in [3.63, 3.8) is 0 Å². The second-order valence-electron chi connectivity index (χ2n) is 7.01. The molecule has 126 valence electrons. The van der Waals surface area contributed by atoms with Gasteiger partial charge in [0.25, 0.3) is 0 Å². The topological polar surface area (TPSA) is 23.6 Å². The van der Waals surface area contributed by atoms with Crippen molar-refractivity contribution >= 4 is 5.91 Å². The van der Waals surface area contributed by atoms with Gasteiger partial charge in [-0.25, -0.2) is 4.39 Å². The summed E-state index contributed by atoms with van der Waals surface area (Å²) in [6.45, 7) is 4.42. The summed E-state index contributed by atoms with van der Waals surface area (Å²) in [4.78, 5) is 17.0. The zero-order valence-corrected chi connectivity index (χ0v) is 14.0. The first kappa shape index (κ1) is 16.4. The lowest BCUT2D eigenvalue weighted by Crippen LogP contribution is -2.47. The fraction of sp³-hybridized carbons (Fsp3) is 0.632. The highest BCUT2D eigenvalue weighted by Crippen LogP contribution is 2.27. The summed E-state index contributed by atoms with van der Waals surface area (Å²) in [6, 6.07) is 7.71. The Morgan fingerprint density at radius 1 is 1.30 bits per heavy atom. The molecular formula is C19H27FN2O. The minimum Gasteiger partial charge on any atom is -0.339 e. The maximum absolute atomic E-state index is 13.3. The predicted octanol–water partition coefficient (Wildman–Crippen LogP) is 3.23. The van der Waals surface area contributed by atoms with Crippen molar-refractivity contribution < 1.29 is 9.18 Å². The normalized spacial score (nSPS) is 21.7. The second kappa shape index (κ2) is 7.43. The van der Waals surface area contributed by atoms with E-state index in [4.69, 9.17) is 0 Å². The van der Waals surface area contributed by atoms with Crippen LogP contribution in [0.25, 0.3) is 0 Å². The van der Waals surface area contributed by atoms with E-state index in [1.54, 1.807) is 12.1 Å². The van der Waals surface area contributed by atoms with Crippen LogP contribution in [0.2, 0.25) is 0 Å². The number of amides is 1. The Morgan fingerprint density at radius 3 is 2.83 bits per heavy atom. The van der Waals surface area contributed by atoms with Gasteiger partial charge in [-0.2, -0.15) is 0 Å². The molecule has 0 N–H and O–H groups in total. The number of hydrogen-bond acceptors (Lipinski definition) is 2. The standard InChI is InChI=1S/C19H27FN2O/c1-15-5-2-3-11-22(15)19(23)14-21(18-8-9-18)12-10-16-6-4-7-17(20)13-16/h4,6-7,13,15,18H,2-3,5,8-12,14H2,1H3. The van der Waals surface area contributed by atoms with E-state index in [-0.39, 0.29) is 11.7 Å². The average Bonchev–Trinajstić information content (AvgIpc) is 3.36. The fourth-order valence-corrected chi connectivity index (χ4v) is 3.53. The molecule has 1 heterocycles. The molecule has 3 rings (SSSR count). The Morgan fingerprint density at radius 2 is 2.13 bits per heavy atom. The van der Waals surface area contributed by atoms with E-state index in [1.807, 2.05) is 6.07 Å². The molecule has 1 amide bonds. The third kappa shape index (κ3) is 4.54. The molecule has 4 heteroatoms. The number of benzene rings is 1. The second-order valence-corrected chi connectivity index (χ2v) is 7.01. The summed E-state index contributed by atoms with van der Waals surface area (Å²) in [6.07, 6.45) is 6.66. The molecule has 1 saturated heterocycles. The van der Waals surface area contributed by atoms with Gasteiger partial charge in [-0.1, -0.05) is 12.1 Å². The van der Waals surface area contributed by atoms with Crippen molar-refractivity contribution in [2.75, 3.05) is 19.6 Å². The van der Waals surface area contributed by atoms with Gasteiger partial charge < -0.3 is 4.90 Å². The van der Waals surface area contributed by atoms with Crippen LogP contribution < -0.4 is 0 Å². The van der Waals surface area contributed by atoms with E-state index < -0.39 is 0 Å². The van der Waals surface area contributed by atoms with Gasteiger partial charge in [0.05, 0.1) is 6.54 Å². The lowest BCUT2D eigenvalue weighted by molar-refractivity contribution is -0.135. The molecule has 0 aromatic heterocycles. The molecule has 1 atom stereocenters. The van der Waals surface area contributed by atoms with E-state index in [2.05, 4.69) is 16.7 Å². The molecule has 1 unspecified atom stereocenters. The Labute approximate surface area is 138 Å². The molecule has 2 fully saturated rings. The number of piperidine rings is 1. The van der Waals surface area contributed by atoms with Gasteiger partial charge >= 0.3 is 0 Å². The van der Waals surface area contributed by atoms with Crippen LogP contribution in [0, 0.1) is 5.82 Å². The molecule has 1 aliphatic heterocycles. The number of nitrogens with zero attached hydrogens (tertiary/aromatic N) is 2. The summed E-state index contributed by atoms with van der Waals surface area (Å²) in [5, 5.41) is 0. The highest BCUT2D eigenvalue weighted by molar-refractivity contribution is 5.78. The number of likely N-dealkylation sites (tertiary alicyclic amines) is 1. The van der Waals surface area contributed by atoms with Crippen LogP contribution >= 0.6 is 0 Å². The number of halogens is 1. The lowest BCUT2D eigenvalue weighted by atomic mass is 10.0. The Hall–Kier alpha value is -1.42. The van der Waals surface area contributed by atoms with E-state index in [0.29, 0.717) is 18.6 Å². The van der Waals surface area contributed by atoms with Crippen molar-refractivity contribution in [2.24, 2.45) is 0 Å². The number of carbonyl (C=O) groups excluding carboxylic acids is 1. The molecular weight excluding hydrogens is 291 g/mol. The summed E-state index contributed by atoms with van der Waals surface area (Å²) in [5.74, 6) is 0.0852. The molecule has 3 nitrogen and oxygen atoms in total. The van der Waals surface area contributed by atoms with Crippen molar-refractivity contribution in [1.29, 1.82) is 0 Å². The lowest BCUT2D eigenvalue weighted by Gasteiger charge is -2.35. The fourth-order valence-electron chi connectivity index (χ4n) is 3.53. The van der Waals surface area contributed by atoms with Crippen LogP contribution in [0.5, 0.6) is 0 Å². The predicted molar refractivity (Wildman–Crippen MR) is 89.7 cm³/mol. The first-order valence-corrected chi connectivity index (χ1v) is 8.91. The minimum atomic E-state index is -0.182. The molecule has 1 saturated carbocycles. The summed E-state index contributed by atoms with van der Waals surface area (Å²) < 4.78 is 13.3. The maximum Gasteiger partial charge on any atom is 0.236 e. The minimum absolute atomic E-state index is 0.182. The zero-order valence-electron chi connectivity index (χ0n) is 14.0. The quantitative estimate of drug-likeness (QED) is 0.804. The largest absolute Gasteiger partial charge is 0.339 e. The summed E-state index contributed by atoms with van der Waals surface area (Å²) in [7, 11) is 0. The van der Waals surface area contributed by atoms with Gasteiger partial charge in [0.1, 0.15) is 5.82 Å². The number of rotatable bonds is 6. The van der Waals surface area contributed by atoms with Gasteiger partial charge in [0, 0.05) is 25.2 Å². The van der Waals surface area contributed by atoms with Crippen LogP contribution in [0.15, 0.2) is 24.3 Å². The van der Waals surface area contributed by atoms with Crippen LogP contribution in [0.3, 0.4) is 0 Å². The third-order valence-electron chi connectivity index (χ3n) is 5.10. The molecule has 1 aromatic rings. The molecule has 0 bridgehead atoms. The smallest absolute Gasteiger partial charge is 0.236 e. The molecule has 0 radical (unpaired) electrons. The van der Waals surface area contributed by atoms with E-state index in [9.17, 15) is 9.18 Å². The van der Waals surface area contributed by atoms with Crippen LogP contribution in [-0.2, 0) is 11.2 Å². The zero-order chi connectivity index (χ0) is 16.2. The molecule has 1 aromatic carbocycles. The molecule has 0 spiro atoms. The Bertz CT molecular complexity index is 544. The SMILES string of the molecule is CC1CCCCN1C(=O)CN(CCc1cccc(F)c1)C1CC1. The van der Waals surface area contributed by atoms with Gasteiger partial charge in [-0.05, 0) is 63.1 Å². The van der Waals surface area contributed by atoms with Crippen molar-refractivity contribution in [3.8, 4) is 0 Å². The van der Waals surface area contributed by atoms with Crippen molar-refractivity contribution in [3.05, 3.63) is 35.6 Å². The molecule has 1 aliphatic carbocycles. The maximum atomic E-state index is 13.3. The van der Waals surface area contributed by atoms with Crippen LogP contribution in [0.4, 0.5) is 4.39 Å². The Balaban J connectivity index is 1.55. The summed E-state index contributed by atoms with van der Waals surface area (Å²) >= 11 is 0. The number of carbonyl (C=O) groups is 1. The van der Waals surface area contributed by atoms with Crippen LogP contribution in [0.1, 0.15) is 44.6 Å². The van der Waals surface area contributed by atoms with Gasteiger partial charge in [0.15, 0.2) is 0 Å². The monoisotopic (exact) mass is 318 g/mol. The van der Waals surface area contributed by atoms with E-state index >= 15 is 0 Å². The Kier molecular flexibility index (Phi) is 5.31. The van der Waals surface area contributed by atoms with Gasteiger partial charge in [-0.3, -0.25) is 9.69 Å². The van der Waals surface area contributed by atoms with E-state index in [1.165, 1.54) is 25.3 Å². The summed E-state index contributed by atoms with van der Waals surface area (Å²) in [5.41, 5.74) is 1.01. The van der Waals surface area contributed by atoms with Gasteiger partial charge in [-0.15, -0.1) is 0 Å². The number of hydrogen-bond donors (Lipinski definition) is 0. The highest BCUT2D eigenvalue weighted by atomic mass is 19.1. The third-order valence-corrected chi connectivity index (χ3v) is 5.10. The van der Waals surface area contributed by atoms with E-state index in [0.717, 1.165) is 37.9 Å². The first-order chi connectivity index (χ1) is 11.1. The first-order valence-electron chi connectivity index (χ1n) is 8.91. The molecule has 2 aliphatic rings. The average molecular weight is 318 g/mol. The van der Waals surface area contributed by atoms with Crippen molar-refractivity contribution in [1.82, 2.24) is 9.80 Å². The van der Waals surface area contributed by atoms with Crippen molar-refractivity contribution in [2.45, 2.75) is 57.5 Å². The van der Waals surface area contributed by atoms with Crippen LogP contribution in [-0.4, -0.2) is 47.4 Å². The molecule has 23 heavy (non-hydrogen) atoms.